The fourth-order valence-electron chi connectivity index (χ4n) is 3.18. The predicted octanol–water partition coefficient (Wildman–Crippen LogP) is 2.90. The van der Waals surface area contributed by atoms with Gasteiger partial charge in [0, 0.05) is 41.8 Å². The predicted molar refractivity (Wildman–Crippen MR) is 88.3 cm³/mol. The standard InChI is InChI=1S/C18H18N4O/c1-12-6-8-19-17(20-12)14-7-9-22(11-14)18(23)16-10-13-4-2-3-5-15(13)21-16/h2-6,8,10,14,21H,7,9,11H2,1H3/t14-/m1/s1. The monoisotopic (exact) mass is 306 g/mol. The second-order valence-corrected chi connectivity index (χ2v) is 6.06. The number of carbonyl (C=O) groups excluding carboxylic acids is 1. The van der Waals surface area contributed by atoms with Crippen molar-refractivity contribution in [2.75, 3.05) is 13.1 Å². The number of aryl methyl sites for hydroxylation is 1. The number of benzene rings is 1. The van der Waals surface area contributed by atoms with E-state index in [9.17, 15) is 4.79 Å². The fraction of sp³-hybridized carbons (Fsp3) is 0.278. The Morgan fingerprint density at radius 1 is 1.30 bits per heavy atom. The minimum absolute atomic E-state index is 0.0522. The summed E-state index contributed by atoms with van der Waals surface area (Å²) in [4.78, 5) is 26.7. The number of rotatable bonds is 2. The molecule has 0 saturated carbocycles. The SMILES string of the molecule is Cc1ccnc([C@@H]2CCN(C(=O)c3cc4ccccc4[nH]3)C2)n1. The molecule has 0 radical (unpaired) electrons. The number of aromatic nitrogens is 3. The summed E-state index contributed by atoms with van der Waals surface area (Å²) in [5.41, 5.74) is 2.61. The van der Waals surface area contributed by atoms with Gasteiger partial charge in [-0.1, -0.05) is 18.2 Å². The Bertz CT molecular complexity index is 837. The molecule has 1 fully saturated rings. The Kier molecular flexibility index (Phi) is 3.33. The van der Waals surface area contributed by atoms with Gasteiger partial charge in [0.2, 0.25) is 0 Å². The molecule has 0 unspecified atom stereocenters. The first kappa shape index (κ1) is 13.9. The van der Waals surface area contributed by atoms with Crippen molar-refractivity contribution >= 4 is 16.8 Å². The van der Waals surface area contributed by atoms with Crippen LogP contribution in [0.15, 0.2) is 42.6 Å². The van der Waals surface area contributed by atoms with Crippen molar-refractivity contribution in [2.24, 2.45) is 0 Å². The van der Waals surface area contributed by atoms with Gasteiger partial charge in [0.25, 0.3) is 5.91 Å². The lowest BCUT2D eigenvalue weighted by Gasteiger charge is -2.15. The highest BCUT2D eigenvalue weighted by Gasteiger charge is 2.30. The molecule has 0 spiro atoms. The summed E-state index contributed by atoms with van der Waals surface area (Å²) in [6, 6.07) is 11.8. The number of hydrogen-bond donors (Lipinski definition) is 1. The topological polar surface area (TPSA) is 61.9 Å². The lowest BCUT2D eigenvalue weighted by atomic mass is 10.1. The molecule has 1 saturated heterocycles. The largest absolute Gasteiger partial charge is 0.351 e. The maximum Gasteiger partial charge on any atom is 0.270 e. The highest BCUT2D eigenvalue weighted by Crippen LogP contribution is 2.26. The van der Waals surface area contributed by atoms with E-state index in [2.05, 4.69) is 15.0 Å². The Morgan fingerprint density at radius 2 is 2.17 bits per heavy atom. The summed E-state index contributed by atoms with van der Waals surface area (Å²) >= 11 is 0. The molecular weight excluding hydrogens is 288 g/mol. The van der Waals surface area contributed by atoms with E-state index in [1.54, 1.807) is 6.20 Å². The van der Waals surface area contributed by atoms with Crippen LogP contribution in [0, 0.1) is 6.92 Å². The summed E-state index contributed by atoms with van der Waals surface area (Å²) < 4.78 is 0. The maximum atomic E-state index is 12.7. The lowest BCUT2D eigenvalue weighted by molar-refractivity contribution is 0.0785. The van der Waals surface area contributed by atoms with Crippen molar-refractivity contribution in [3.05, 3.63) is 59.8 Å². The zero-order valence-corrected chi connectivity index (χ0v) is 13.0. The number of nitrogens with one attached hydrogen (secondary N) is 1. The van der Waals surface area contributed by atoms with E-state index >= 15 is 0 Å². The summed E-state index contributed by atoms with van der Waals surface area (Å²) in [7, 11) is 0. The Labute approximate surface area is 134 Å². The number of fused-ring (bicyclic) bond motifs is 1. The molecule has 116 valence electrons. The number of H-pyrrole nitrogens is 1. The fourth-order valence-corrected chi connectivity index (χ4v) is 3.18. The second-order valence-electron chi connectivity index (χ2n) is 6.06. The zero-order chi connectivity index (χ0) is 15.8. The quantitative estimate of drug-likeness (QED) is 0.792. The average molecular weight is 306 g/mol. The van der Waals surface area contributed by atoms with Crippen molar-refractivity contribution in [3.63, 3.8) is 0 Å². The first-order valence-corrected chi connectivity index (χ1v) is 7.87. The molecule has 2 aromatic heterocycles. The molecule has 0 bridgehead atoms. The maximum absolute atomic E-state index is 12.7. The van der Waals surface area contributed by atoms with Crippen LogP contribution in [-0.4, -0.2) is 38.8 Å². The first-order chi connectivity index (χ1) is 11.2. The summed E-state index contributed by atoms with van der Waals surface area (Å²) in [6.45, 7) is 3.39. The summed E-state index contributed by atoms with van der Waals surface area (Å²) in [5, 5.41) is 1.06. The third kappa shape index (κ3) is 2.59. The van der Waals surface area contributed by atoms with Crippen LogP contribution in [0.2, 0.25) is 0 Å². The van der Waals surface area contributed by atoms with E-state index in [4.69, 9.17) is 0 Å². The van der Waals surface area contributed by atoms with Crippen molar-refractivity contribution < 1.29 is 4.79 Å². The van der Waals surface area contributed by atoms with Crippen molar-refractivity contribution in [1.29, 1.82) is 0 Å². The van der Waals surface area contributed by atoms with E-state index in [1.165, 1.54) is 0 Å². The molecule has 1 aliphatic rings. The molecule has 1 atom stereocenters. The number of para-hydroxylation sites is 1. The van der Waals surface area contributed by atoms with Crippen LogP contribution in [0.3, 0.4) is 0 Å². The minimum Gasteiger partial charge on any atom is -0.351 e. The van der Waals surface area contributed by atoms with E-state index in [0.29, 0.717) is 12.2 Å². The first-order valence-electron chi connectivity index (χ1n) is 7.87. The molecule has 5 heteroatoms. The van der Waals surface area contributed by atoms with Gasteiger partial charge in [0.15, 0.2) is 0 Å². The van der Waals surface area contributed by atoms with E-state index in [1.807, 2.05) is 48.2 Å². The van der Waals surface area contributed by atoms with Gasteiger partial charge in [0.1, 0.15) is 11.5 Å². The smallest absolute Gasteiger partial charge is 0.270 e. The van der Waals surface area contributed by atoms with Crippen LogP contribution in [-0.2, 0) is 0 Å². The molecule has 4 rings (SSSR count). The van der Waals surface area contributed by atoms with Crippen molar-refractivity contribution in [3.8, 4) is 0 Å². The number of nitrogens with zero attached hydrogens (tertiary/aromatic N) is 3. The number of likely N-dealkylation sites (tertiary alicyclic amines) is 1. The lowest BCUT2D eigenvalue weighted by Crippen LogP contribution is -2.28. The Hall–Kier alpha value is -2.69. The van der Waals surface area contributed by atoms with Crippen molar-refractivity contribution in [1.82, 2.24) is 19.9 Å². The molecule has 1 aliphatic heterocycles. The van der Waals surface area contributed by atoms with Gasteiger partial charge in [-0.25, -0.2) is 9.97 Å². The van der Waals surface area contributed by atoms with Crippen LogP contribution in [0.25, 0.3) is 10.9 Å². The highest BCUT2D eigenvalue weighted by molar-refractivity contribution is 5.98. The van der Waals surface area contributed by atoms with Gasteiger partial charge in [-0.15, -0.1) is 0 Å². The normalized spacial score (nSPS) is 17.8. The zero-order valence-electron chi connectivity index (χ0n) is 13.0. The van der Waals surface area contributed by atoms with Gasteiger partial charge in [-0.3, -0.25) is 4.79 Å². The van der Waals surface area contributed by atoms with Gasteiger partial charge in [-0.2, -0.15) is 0 Å². The molecule has 5 nitrogen and oxygen atoms in total. The molecule has 1 N–H and O–H groups in total. The molecule has 23 heavy (non-hydrogen) atoms. The minimum atomic E-state index is 0.0522. The molecule has 3 heterocycles. The van der Waals surface area contributed by atoms with Gasteiger partial charge >= 0.3 is 0 Å². The Balaban J connectivity index is 1.54. The summed E-state index contributed by atoms with van der Waals surface area (Å²) in [5.74, 6) is 1.12. The van der Waals surface area contributed by atoms with Crippen molar-refractivity contribution in [2.45, 2.75) is 19.3 Å². The van der Waals surface area contributed by atoms with E-state index in [-0.39, 0.29) is 11.8 Å². The number of hydrogen-bond acceptors (Lipinski definition) is 3. The molecule has 3 aromatic rings. The highest BCUT2D eigenvalue weighted by atomic mass is 16.2. The van der Waals surface area contributed by atoms with E-state index in [0.717, 1.165) is 35.4 Å². The average Bonchev–Trinajstić information content (AvgIpc) is 3.21. The molecule has 1 aromatic carbocycles. The molecule has 1 amide bonds. The van der Waals surface area contributed by atoms with Crippen LogP contribution in [0.1, 0.15) is 34.3 Å². The third-order valence-electron chi connectivity index (χ3n) is 4.41. The number of carbonyl (C=O) groups is 1. The number of amides is 1. The molecular formula is C18H18N4O. The van der Waals surface area contributed by atoms with Gasteiger partial charge < -0.3 is 9.88 Å². The van der Waals surface area contributed by atoms with Gasteiger partial charge in [-0.05, 0) is 31.5 Å². The molecule has 0 aliphatic carbocycles. The van der Waals surface area contributed by atoms with Crippen LogP contribution < -0.4 is 0 Å². The third-order valence-corrected chi connectivity index (χ3v) is 4.41. The second kappa shape index (κ2) is 5.50. The van der Waals surface area contributed by atoms with Crippen LogP contribution in [0.5, 0.6) is 0 Å². The number of aromatic amines is 1. The summed E-state index contributed by atoms with van der Waals surface area (Å²) in [6.07, 6.45) is 2.70. The van der Waals surface area contributed by atoms with Crippen LogP contribution >= 0.6 is 0 Å². The van der Waals surface area contributed by atoms with Crippen LogP contribution in [0.4, 0.5) is 0 Å². The van der Waals surface area contributed by atoms with E-state index < -0.39 is 0 Å². The van der Waals surface area contributed by atoms with Gasteiger partial charge in [0.05, 0.1) is 0 Å². The Morgan fingerprint density at radius 3 is 3.00 bits per heavy atom.